The smallest absolute Gasteiger partial charge is 0.338 e. The Hall–Kier alpha value is -2.44. The molecular weight excluding hydrogens is 319 g/mol. The van der Waals surface area contributed by atoms with Gasteiger partial charge in [-0.05, 0) is 43.2 Å². The number of benzene rings is 1. The quantitative estimate of drug-likeness (QED) is 0.844. The highest BCUT2D eigenvalue weighted by molar-refractivity contribution is 5.94. The Morgan fingerprint density at radius 3 is 2.54 bits per heavy atom. The number of hydrogen-bond donors (Lipinski definition) is 0. The maximum atomic E-state index is 12.6. The standard InChI is InChI=1S/C17H16F3N3O/c18-17(19,20)14-5-3-12(4-6-14)16(24)23-9-1-2-13(10-23)15-7-8-21-11-22-15/h3-8,11,13H,1-2,9-10H2/t13-/m1/s1. The molecule has 1 saturated heterocycles. The summed E-state index contributed by atoms with van der Waals surface area (Å²) >= 11 is 0. The van der Waals surface area contributed by atoms with Gasteiger partial charge in [0.05, 0.1) is 5.56 Å². The average molecular weight is 335 g/mol. The SMILES string of the molecule is O=C(c1ccc(C(F)(F)F)cc1)N1CCC[C@@H](c2ccncn2)C1. The first-order chi connectivity index (χ1) is 11.4. The third-order valence-corrected chi connectivity index (χ3v) is 4.19. The molecule has 0 N–H and O–H groups in total. The van der Waals surface area contributed by atoms with Crippen LogP contribution in [-0.2, 0) is 6.18 Å². The number of aromatic nitrogens is 2. The number of halogens is 3. The highest BCUT2D eigenvalue weighted by Gasteiger charge is 2.31. The largest absolute Gasteiger partial charge is 0.416 e. The Morgan fingerprint density at radius 2 is 1.92 bits per heavy atom. The van der Waals surface area contributed by atoms with E-state index in [2.05, 4.69) is 9.97 Å². The molecule has 0 bridgehead atoms. The van der Waals surface area contributed by atoms with Crippen LogP contribution in [0.25, 0.3) is 0 Å². The summed E-state index contributed by atoms with van der Waals surface area (Å²) in [4.78, 5) is 22.3. The molecule has 3 rings (SSSR count). The van der Waals surface area contributed by atoms with Gasteiger partial charge in [0.25, 0.3) is 5.91 Å². The molecule has 2 heterocycles. The minimum atomic E-state index is -4.40. The summed E-state index contributed by atoms with van der Waals surface area (Å²) in [6.45, 7) is 1.11. The third kappa shape index (κ3) is 3.55. The first-order valence-electron chi connectivity index (χ1n) is 7.67. The first kappa shape index (κ1) is 16.4. The molecule has 1 aromatic heterocycles. The van der Waals surface area contributed by atoms with Crippen molar-refractivity contribution in [2.45, 2.75) is 24.9 Å². The van der Waals surface area contributed by atoms with Gasteiger partial charge in [-0.2, -0.15) is 13.2 Å². The average Bonchev–Trinajstić information content (AvgIpc) is 2.61. The number of carbonyl (C=O) groups excluding carboxylic acids is 1. The van der Waals surface area contributed by atoms with Gasteiger partial charge in [-0.3, -0.25) is 4.79 Å². The number of carbonyl (C=O) groups is 1. The zero-order valence-electron chi connectivity index (χ0n) is 12.8. The predicted molar refractivity (Wildman–Crippen MR) is 81.4 cm³/mol. The predicted octanol–water partition coefficient (Wildman–Crippen LogP) is 3.52. The van der Waals surface area contributed by atoms with Crippen LogP contribution in [0.15, 0.2) is 42.9 Å². The molecule has 2 aromatic rings. The molecule has 1 aliphatic heterocycles. The highest BCUT2D eigenvalue weighted by atomic mass is 19.4. The van der Waals surface area contributed by atoms with Crippen molar-refractivity contribution in [3.63, 3.8) is 0 Å². The van der Waals surface area contributed by atoms with Gasteiger partial charge in [-0.1, -0.05) is 0 Å². The number of alkyl halides is 3. The fraction of sp³-hybridized carbons (Fsp3) is 0.353. The maximum Gasteiger partial charge on any atom is 0.416 e. The Kier molecular flexibility index (Phi) is 4.51. The molecule has 7 heteroatoms. The zero-order valence-corrected chi connectivity index (χ0v) is 12.8. The molecule has 0 unspecified atom stereocenters. The Bertz CT molecular complexity index is 701. The van der Waals surface area contributed by atoms with Crippen LogP contribution < -0.4 is 0 Å². The van der Waals surface area contributed by atoms with E-state index in [0.717, 1.165) is 30.7 Å². The maximum absolute atomic E-state index is 12.6. The fourth-order valence-electron chi connectivity index (χ4n) is 2.93. The normalized spacial score (nSPS) is 18.5. The number of likely N-dealkylation sites (tertiary alicyclic amines) is 1. The fourth-order valence-corrected chi connectivity index (χ4v) is 2.93. The van der Waals surface area contributed by atoms with E-state index in [4.69, 9.17) is 0 Å². The van der Waals surface area contributed by atoms with Crippen LogP contribution in [0.2, 0.25) is 0 Å². The molecular formula is C17H16F3N3O. The van der Waals surface area contributed by atoms with Gasteiger partial charge in [-0.25, -0.2) is 9.97 Å². The van der Waals surface area contributed by atoms with Gasteiger partial charge >= 0.3 is 6.18 Å². The first-order valence-corrected chi connectivity index (χ1v) is 7.67. The van der Waals surface area contributed by atoms with Crippen molar-refractivity contribution in [3.8, 4) is 0 Å². The molecule has 126 valence electrons. The third-order valence-electron chi connectivity index (χ3n) is 4.19. The van der Waals surface area contributed by atoms with Crippen LogP contribution >= 0.6 is 0 Å². The van der Waals surface area contributed by atoms with Crippen molar-refractivity contribution >= 4 is 5.91 Å². The molecule has 4 nitrogen and oxygen atoms in total. The minimum Gasteiger partial charge on any atom is -0.338 e. The van der Waals surface area contributed by atoms with Crippen molar-refractivity contribution in [1.82, 2.24) is 14.9 Å². The molecule has 1 amide bonds. The summed E-state index contributed by atoms with van der Waals surface area (Å²) < 4.78 is 37.8. The van der Waals surface area contributed by atoms with Crippen LogP contribution in [0.4, 0.5) is 13.2 Å². The van der Waals surface area contributed by atoms with E-state index in [1.54, 1.807) is 11.1 Å². The van der Waals surface area contributed by atoms with Gasteiger partial charge in [0.15, 0.2) is 0 Å². The number of hydrogen-bond acceptors (Lipinski definition) is 3. The second kappa shape index (κ2) is 6.59. The Balaban J connectivity index is 1.73. The molecule has 1 atom stereocenters. The molecule has 1 aliphatic rings. The topological polar surface area (TPSA) is 46.1 Å². The molecule has 1 fully saturated rings. The van der Waals surface area contributed by atoms with Gasteiger partial charge < -0.3 is 4.90 Å². The molecule has 0 radical (unpaired) electrons. The Morgan fingerprint density at radius 1 is 1.17 bits per heavy atom. The summed E-state index contributed by atoms with van der Waals surface area (Å²) in [7, 11) is 0. The number of amides is 1. The minimum absolute atomic E-state index is 0.125. The van der Waals surface area contributed by atoms with E-state index in [1.807, 2.05) is 6.07 Å². The molecule has 24 heavy (non-hydrogen) atoms. The van der Waals surface area contributed by atoms with Crippen LogP contribution in [0.5, 0.6) is 0 Å². The monoisotopic (exact) mass is 335 g/mol. The van der Waals surface area contributed by atoms with Gasteiger partial charge in [0, 0.05) is 36.5 Å². The molecule has 0 aliphatic carbocycles. The van der Waals surface area contributed by atoms with Crippen LogP contribution in [0.3, 0.4) is 0 Å². The lowest BCUT2D eigenvalue weighted by molar-refractivity contribution is -0.137. The highest BCUT2D eigenvalue weighted by Crippen LogP contribution is 2.30. The van der Waals surface area contributed by atoms with Crippen molar-refractivity contribution < 1.29 is 18.0 Å². The summed E-state index contributed by atoms with van der Waals surface area (Å²) in [5.74, 6) is -0.123. The van der Waals surface area contributed by atoms with Crippen LogP contribution in [0.1, 0.15) is 40.4 Å². The number of piperidine rings is 1. The van der Waals surface area contributed by atoms with E-state index in [0.29, 0.717) is 13.1 Å². The Labute approximate surface area is 137 Å². The van der Waals surface area contributed by atoms with Crippen molar-refractivity contribution in [2.24, 2.45) is 0 Å². The van der Waals surface area contributed by atoms with E-state index in [9.17, 15) is 18.0 Å². The lowest BCUT2D eigenvalue weighted by atomic mass is 9.94. The van der Waals surface area contributed by atoms with Crippen LogP contribution in [-0.4, -0.2) is 33.9 Å². The summed E-state index contributed by atoms with van der Waals surface area (Å²) in [6.07, 6.45) is 0.505. The summed E-state index contributed by atoms with van der Waals surface area (Å²) in [5.41, 5.74) is 0.401. The lowest BCUT2D eigenvalue weighted by Gasteiger charge is -2.32. The van der Waals surface area contributed by atoms with E-state index >= 15 is 0 Å². The number of nitrogens with zero attached hydrogens (tertiary/aromatic N) is 3. The number of rotatable bonds is 2. The van der Waals surface area contributed by atoms with E-state index in [1.165, 1.54) is 18.5 Å². The van der Waals surface area contributed by atoms with Crippen molar-refractivity contribution in [1.29, 1.82) is 0 Å². The lowest BCUT2D eigenvalue weighted by Crippen LogP contribution is -2.39. The van der Waals surface area contributed by atoms with Gasteiger partial charge in [0.2, 0.25) is 0 Å². The van der Waals surface area contributed by atoms with Crippen molar-refractivity contribution in [3.05, 3.63) is 59.7 Å². The van der Waals surface area contributed by atoms with Gasteiger partial charge in [0.1, 0.15) is 6.33 Å². The van der Waals surface area contributed by atoms with Gasteiger partial charge in [-0.15, -0.1) is 0 Å². The molecule has 0 spiro atoms. The second-order valence-electron chi connectivity index (χ2n) is 5.80. The van der Waals surface area contributed by atoms with E-state index < -0.39 is 11.7 Å². The molecule has 0 saturated carbocycles. The second-order valence-corrected chi connectivity index (χ2v) is 5.80. The molecule has 1 aromatic carbocycles. The van der Waals surface area contributed by atoms with E-state index in [-0.39, 0.29) is 17.4 Å². The summed E-state index contributed by atoms with van der Waals surface area (Å²) in [6, 6.07) is 6.19. The van der Waals surface area contributed by atoms with Crippen molar-refractivity contribution in [2.75, 3.05) is 13.1 Å². The van der Waals surface area contributed by atoms with Crippen LogP contribution in [0, 0.1) is 0 Å². The summed E-state index contributed by atoms with van der Waals surface area (Å²) in [5, 5.41) is 0. The zero-order chi connectivity index (χ0) is 17.2.